The van der Waals surface area contributed by atoms with Gasteiger partial charge >= 0.3 is 0 Å². The molecule has 84 valence electrons. The minimum absolute atomic E-state index is 0.151. The van der Waals surface area contributed by atoms with Crippen LogP contribution in [0.2, 0.25) is 0 Å². The molecule has 3 rings (SSSR count). The highest BCUT2D eigenvalue weighted by Crippen LogP contribution is 2.35. The summed E-state index contributed by atoms with van der Waals surface area (Å²) in [5.74, 6) is -0.151. The molecule has 0 amide bonds. The van der Waals surface area contributed by atoms with Gasteiger partial charge < -0.3 is 10.3 Å². The number of hydrogen-bond donors (Lipinski definition) is 2. The van der Waals surface area contributed by atoms with E-state index in [2.05, 4.69) is 10.3 Å². The van der Waals surface area contributed by atoms with Gasteiger partial charge in [0.05, 0.1) is 5.52 Å². The van der Waals surface area contributed by atoms with Crippen molar-refractivity contribution in [3.63, 3.8) is 0 Å². The molecule has 1 aliphatic rings. The third kappa shape index (κ3) is 1.28. The maximum atomic E-state index is 13.7. The SMILES string of the molecule is CNC1CCCc2[nH]c3c(F)cccc3c21. The number of rotatable bonds is 1. The summed E-state index contributed by atoms with van der Waals surface area (Å²) in [5.41, 5.74) is 3.13. The molecule has 0 bridgehead atoms. The second kappa shape index (κ2) is 3.59. The largest absolute Gasteiger partial charge is 0.356 e. The van der Waals surface area contributed by atoms with E-state index in [0.717, 1.165) is 24.6 Å². The fourth-order valence-corrected chi connectivity index (χ4v) is 2.77. The van der Waals surface area contributed by atoms with Gasteiger partial charge in [0.15, 0.2) is 0 Å². The zero-order valence-corrected chi connectivity index (χ0v) is 9.31. The van der Waals surface area contributed by atoms with Gasteiger partial charge in [0.25, 0.3) is 0 Å². The Kier molecular flexibility index (Phi) is 2.21. The molecular formula is C13H15FN2. The standard InChI is InChI=1S/C13H15FN2/c1-15-10-6-3-7-11-12(10)8-4-2-5-9(14)13(8)16-11/h2,4-5,10,15-16H,3,6-7H2,1H3. The molecule has 0 fully saturated rings. The first-order chi connectivity index (χ1) is 7.81. The van der Waals surface area contributed by atoms with Crippen molar-refractivity contribution in [3.8, 4) is 0 Å². The fourth-order valence-electron chi connectivity index (χ4n) is 2.77. The lowest BCUT2D eigenvalue weighted by Gasteiger charge is -2.22. The maximum Gasteiger partial charge on any atom is 0.147 e. The van der Waals surface area contributed by atoms with Crippen LogP contribution in [0.5, 0.6) is 0 Å². The molecular weight excluding hydrogens is 203 g/mol. The van der Waals surface area contributed by atoms with E-state index in [0.29, 0.717) is 11.6 Å². The van der Waals surface area contributed by atoms with Crippen molar-refractivity contribution in [2.24, 2.45) is 0 Å². The molecule has 2 nitrogen and oxygen atoms in total. The monoisotopic (exact) mass is 218 g/mol. The normalized spacial score (nSPS) is 20.0. The molecule has 0 saturated heterocycles. The summed E-state index contributed by atoms with van der Waals surface area (Å²) in [6.45, 7) is 0. The van der Waals surface area contributed by atoms with Crippen LogP contribution in [-0.4, -0.2) is 12.0 Å². The Hall–Kier alpha value is -1.35. The zero-order valence-electron chi connectivity index (χ0n) is 9.31. The summed E-state index contributed by atoms with van der Waals surface area (Å²) in [5, 5.41) is 4.35. The molecule has 2 aromatic rings. The highest BCUT2D eigenvalue weighted by molar-refractivity contribution is 5.86. The van der Waals surface area contributed by atoms with Crippen molar-refractivity contribution < 1.29 is 4.39 Å². The van der Waals surface area contributed by atoms with Gasteiger partial charge in [-0.05, 0) is 37.9 Å². The van der Waals surface area contributed by atoms with E-state index >= 15 is 0 Å². The highest BCUT2D eigenvalue weighted by Gasteiger charge is 2.24. The molecule has 0 radical (unpaired) electrons. The molecule has 3 heteroatoms. The Balaban J connectivity index is 2.30. The van der Waals surface area contributed by atoms with Gasteiger partial charge in [-0.3, -0.25) is 0 Å². The average Bonchev–Trinajstić information content (AvgIpc) is 2.69. The lowest BCUT2D eigenvalue weighted by molar-refractivity contribution is 0.497. The number of halogens is 1. The van der Waals surface area contributed by atoms with Crippen LogP contribution in [0, 0.1) is 5.82 Å². The molecule has 1 aliphatic carbocycles. The predicted octanol–water partition coefficient (Wildman–Crippen LogP) is 2.90. The molecule has 16 heavy (non-hydrogen) atoms. The number of aromatic nitrogens is 1. The number of aromatic amines is 1. The predicted molar refractivity (Wildman–Crippen MR) is 63.0 cm³/mol. The van der Waals surface area contributed by atoms with Gasteiger partial charge in [0.1, 0.15) is 5.82 Å². The van der Waals surface area contributed by atoms with Crippen molar-refractivity contribution in [1.29, 1.82) is 0 Å². The van der Waals surface area contributed by atoms with E-state index < -0.39 is 0 Å². The molecule has 1 heterocycles. The Morgan fingerprint density at radius 3 is 3.12 bits per heavy atom. The second-order valence-electron chi connectivity index (χ2n) is 4.41. The highest BCUT2D eigenvalue weighted by atomic mass is 19.1. The van der Waals surface area contributed by atoms with Crippen LogP contribution in [-0.2, 0) is 6.42 Å². The Morgan fingerprint density at radius 1 is 1.44 bits per heavy atom. The van der Waals surface area contributed by atoms with E-state index in [4.69, 9.17) is 0 Å². The van der Waals surface area contributed by atoms with Gasteiger partial charge in [-0.1, -0.05) is 12.1 Å². The van der Waals surface area contributed by atoms with Crippen molar-refractivity contribution in [3.05, 3.63) is 35.3 Å². The summed E-state index contributed by atoms with van der Waals surface area (Å²) in [6, 6.07) is 5.66. The molecule has 0 spiro atoms. The number of aryl methyl sites for hydroxylation is 1. The van der Waals surface area contributed by atoms with E-state index in [1.165, 1.54) is 17.3 Å². The van der Waals surface area contributed by atoms with Crippen molar-refractivity contribution in [1.82, 2.24) is 10.3 Å². The number of hydrogen-bond acceptors (Lipinski definition) is 1. The average molecular weight is 218 g/mol. The first kappa shape index (κ1) is 9.85. The summed E-state index contributed by atoms with van der Waals surface area (Å²) < 4.78 is 13.7. The second-order valence-corrected chi connectivity index (χ2v) is 4.41. The third-order valence-electron chi connectivity index (χ3n) is 3.52. The van der Waals surface area contributed by atoms with Crippen LogP contribution in [0.3, 0.4) is 0 Å². The van der Waals surface area contributed by atoms with Crippen LogP contribution < -0.4 is 5.32 Å². The van der Waals surface area contributed by atoms with E-state index in [1.54, 1.807) is 6.07 Å². The quantitative estimate of drug-likeness (QED) is 0.756. The van der Waals surface area contributed by atoms with Gasteiger partial charge in [-0.25, -0.2) is 4.39 Å². The van der Waals surface area contributed by atoms with E-state index in [-0.39, 0.29) is 5.82 Å². The smallest absolute Gasteiger partial charge is 0.147 e. The topological polar surface area (TPSA) is 27.8 Å². The Morgan fingerprint density at radius 2 is 2.31 bits per heavy atom. The first-order valence-electron chi connectivity index (χ1n) is 5.77. The summed E-state index contributed by atoms with van der Waals surface area (Å²) >= 11 is 0. The number of nitrogens with one attached hydrogen (secondary N) is 2. The molecule has 1 atom stereocenters. The molecule has 1 aromatic heterocycles. The van der Waals surface area contributed by atoms with E-state index in [9.17, 15) is 4.39 Å². The van der Waals surface area contributed by atoms with Crippen molar-refractivity contribution >= 4 is 10.9 Å². The van der Waals surface area contributed by atoms with Crippen LogP contribution in [0.15, 0.2) is 18.2 Å². The Bertz CT molecular complexity index is 530. The molecule has 1 unspecified atom stereocenters. The van der Waals surface area contributed by atoms with Crippen molar-refractivity contribution in [2.75, 3.05) is 7.05 Å². The number of para-hydroxylation sites is 1. The summed E-state index contributed by atoms with van der Waals surface area (Å²) in [4.78, 5) is 3.23. The van der Waals surface area contributed by atoms with Gasteiger partial charge in [0.2, 0.25) is 0 Å². The van der Waals surface area contributed by atoms with E-state index in [1.807, 2.05) is 13.1 Å². The van der Waals surface area contributed by atoms with Gasteiger partial charge in [0, 0.05) is 17.1 Å². The zero-order chi connectivity index (χ0) is 11.1. The molecule has 0 saturated carbocycles. The van der Waals surface area contributed by atoms with Gasteiger partial charge in [-0.2, -0.15) is 0 Å². The molecule has 0 aliphatic heterocycles. The van der Waals surface area contributed by atoms with Crippen molar-refractivity contribution in [2.45, 2.75) is 25.3 Å². The van der Waals surface area contributed by atoms with Crippen LogP contribution >= 0.6 is 0 Å². The summed E-state index contributed by atoms with van der Waals surface area (Å²) in [7, 11) is 1.97. The maximum absolute atomic E-state index is 13.7. The minimum atomic E-state index is -0.151. The molecule has 1 aromatic carbocycles. The number of fused-ring (bicyclic) bond motifs is 3. The first-order valence-corrected chi connectivity index (χ1v) is 5.77. The number of H-pyrrole nitrogens is 1. The van der Waals surface area contributed by atoms with Gasteiger partial charge in [-0.15, -0.1) is 0 Å². The minimum Gasteiger partial charge on any atom is -0.356 e. The Labute approximate surface area is 93.9 Å². The van der Waals surface area contributed by atoms with Crippen LogP contribution in [0.1, 0.15) is 30.1 Å². The summed E-state index contributed by atoms with van der Waals surface area (Å²) in [6.07, 6.45) is 3.32. The number of benzene rings is 1. The van der Waals surface area contributed by atoms with Crippen LogP contribution in [0.25, 0.3) is 10.9 Å². The fraction of sp³-hybridized carbons (Fsp3) is 0.385. The lowest BCUT2D eigenvalue weighted by Crippen LogP contribution is -2.20. The lowest BCUT2D eigenvalue weighted by atomic mass is 9.91. The van der Waals surface area contributed by atoms with Crippen LogP contribution in [0.4, 0.5) is 4.39 Å². The third-order valence-corrected chi connectivity index (χ3v) is 3.52. The molecule has 2 N–H and O–H groups in total.